The van der Waals surface area contributed by atoms with E-state index < -0.39 is 8.07 Å². The molecule has 20 heavy (non-hydrogen) atoms. The summed E-state index contributed by atoms with van der Waals surface area (Å²) in [5, 5.41) is 0. The Bertz CT molecular complexity index is 636. The van der Waals surface area contributed by atoms with Crippen molar-refractivity contribution >= 4 is 8.07 Å². The van der Waals surface area contributed by atoms with Crippen LogP contribution in [0.25, 0.3) is 0 Å². The van der Waals surface area contributed by atoms with Crippen LogP contribution in [0.15, 0.2) is 48.6 Å². The van der Waals surface area contributed by atoms with E-state index in [-0.39, 0.29) is 5.41 Å². The third kappa shape index (κ3) is 3.32. The van der Waals surface area contributed by atoms with Crippen LogP contribution < -0.4 is 0 Å². The fraction of sp³-hybridized carbons (Fsp3) is 0.263. The first-order chi connectivity index (χ1) is 9.45. The number of rotatable bonds is 1. The molecular weight excluding hydrogens is 256 g/mol. The fourth-order valence-electron chi connectivity index (χ4n) is 2.14. The lowest BCUT2D eigenvalue weighted by molar-refractivity contribution is 0.702. The van der Waals surface area contributed by atoms with Crippen molar-refractivity contribution in [2.75, 3.05) is 0 Å². The van der Waals surface area contributed by atoms with Crippen LogP contribution in [-0.4, -0.2) is 8.07 Å². The van der Waals surface area contributed by atoms with E-state index in [4.69, 9.17) is 6.42 Å². The number of hydrogen-bond donors (Lipinski definition) is 0. The summed E-state index contributed by atoms with van der Waals surface area (Å²) in [5.41, 5.74) is 5.33. The van der Waals surface area contributed by atoms with Crippen LogP contribution >= 0.6 is 0 Å². The third-order valence-corrected chi connectivity index (χ3v) is 4.18. The monoisotopic (exact) mass is 276 g/mol. The van der Waals surface area contributed by atoms with Gasteiger partial charge in [-0.2, -0.15) is 0 Å². The molecule has 2 rings (SSSR count). The van der Waals surface area contributed by atoms with Gasteiger partial charge in [-0.15, -0.1) is 12.0 Å². The van der Waals surface area contributed by atoms with Crippen LogP contribution in [0.2, 0.25) is 19.6 Å². The summed E-state index contributed by atoms with van der Waals surface area (Å²) in [4.78, 5) is 0. The van der Waals surface area contributed by atoms with Crippen LogP contribution in [0, 0.1) is 23.8 Å². The predicted octanol–water partition coefficient (Wildman–Crippen LogP) is 4.30. The van der Waals surface area contributed by atoms with Crippen LogP contribution in [0.5, 0.6) is 0 Å². The van der Waals surface area contributed by atoms with Crippen LogP contribution in [-0.2, 0) is 5.41 Å². The molecule has 0 aromatic heterocycles. The lowest BCUT2D eigenvalue weighted by Gasteiger charge is -2.26. The molecule has 0 spiro atoms. The number of terminal acetylenes is 1. The van der Waals surface area contributed by atoms with Gasteiger partial charge in [-0.3, -0.25) is 0 Å². The van der Waals surface area contributed by atoms with Gasteiger partial charge in [-0.1, -0.05) is 67.9 Å². The lowest BCUT2D eigenvalue weighted by Crippen LogP contribution is -2.21. The van der Waals surface area contributed by atoms with Crippen molar-refractivity contribution in [2.45, 2.75) is 31.5 Å². The second kappa shape index (κ2) is 5.57. The average Bonchev–Trinajstić information content (AvgIpc) is 2.46. The van der Waals surface area contributed by atoms with Crippen molar-refractivity contribution < 1.29 is 0 Å². The SMILES string of the molecule is C#CC1(c2ccc(C#C[Si](C)(C)C)cc2)C=CC=CC1. The molecule has 1 unspecified atom stereocenters. The zero-order valence-corrected chi connectivity index (χ0v) is 13.4. The molecule has 0 fully saturated rings. The first kappa shape index (κ1) is 14.4. The second-order valence-corrected chi connectivity index (χ2v) is 10.9. The molecule has 0 bridgehead atoms. The molecule has 100 valence electrons. The zero-order chi connectivity index (χ0) is 14.6. The van der Waals surface area contributed by atoms with Crippen molar-refractivity contribution in [3.63, 3.8) is 0 Å². The molecule has 0 nitrogen and oxygen atoms in total. The van der Waals surface area contributed by atoms with E-state index in [9.17, 15) is 0 Å². The molecule has 0 saturated carbocycles. The zero-order valence-electron chi connectivity index (χ0n) is 12.4. The highest BCUT2D eigenvalue weighted by Gasteiger charge is 2.26. The van der Waals surface area contributed by atoms with E-state index in [1.54, 1.807) is 0 Å². The Kier molecular flexibility index (Phi) is 4.03. The highest BCUT2D eigenvalue weighted by molar-refractivity contribution is 6.83. The summed E-state index contributed by atoms with van der Waals surface area (Å²) in [7, 11) is -1.32. The Morgan fingerprint density at radius 1 is 1.10 bits per heavy atom. The molecule has 0 radical (unpaired) electrons. The second-order valence-electron chi connectivity index (χ2n) is 6.18. The van der Waals surface area contributed by atoms with Crippen LogP contribution in [0.3, 0.4) is 0 Å². The molecule has 1 aromatic rings. The Morgan fingerprint density at radius 3 is 2.30 bits per heavy atom. The molecule has 0 saturated heterocycles. The van der Waals surface area contributed by atoms with Gasteiger partial charge >= 0.3 is 0 Å². The first-order valence-corrected chi connectivity index (χ1v) is 10.4. The van der Waals surface area contributed by atoms with Gasteiger partial charge in [0.15, 0.2) is 0 Å². The van der Waals surface area contributed by atoms with Gasteiger partial charge in [0.2, 0.25) is 0 Å². The molecule has 0 N–H and O–H groups in total. The lowest BCUT2D eigenvalue weighted by atomic mass is 9.76. The molecule has 0 aliphatic heterocycles. The van der Waals surface area contributed by atoms with E-state index in [0.29, 0.717) is 0 Å². The Morgan fingerprint density at radius 2 is 1.80 bits per heavy atom. The van der Waals surface area contributed by atoms with Crippen molar-refractivity contribution in [1.29, 1.82) is 0 Å². The fourth-order valence-corrected chi connectivity index (χ4v) is 2.65. The Balaban J connectivity index is 2.28. The normalized spacial score (nSPS) is 20.9. The minimum atomic E-state index is -1.32. The summed E-state index contributed by atoms with van der Waals surface area (Å²) >= 11 is 0. The summed E-state index contributed by atoms with van der Waals surface area (Å²) in [5.74, 6) is 6.22. The quantitative estimate of drug-likeness (QED) is 0.530. The van der Waals surface area contributed by atoms with E-state index in [2.05, 4.69) is 73.4 Å². The maximum Gasteiger partial charge on any atom is 0.129 e. The largest absolute Gasteiger partial charge is 0.129 e. The highest BCUT2D eigenvalue weighted by Crippen LogP contribution is 2.32. The number of hydrogen-bond acceptors (Lipinski definition) is 0. The van der Waals surface area contributed by atoms with Gasteiger partial charge in [-0.25, -0.2) is 0 Å². The molecule has 1 aromatic carbocycles. The van der Waals surface area contributed by atoms with Gasteiger partial charge in [0.25, 0.3) is 0 Å². The molecule has 1 heteroatoms. The van der Waals surface area contributed by atoms with Crippen molar-refractivity contribution in [3.8, 4) is 23.8 Å². The van der Waals surface area contributed by atoms with Gasteiger partial charge in [0.1, 0.15) is 8.07 Å². The third-order valence-electron chi connectivity index (χ3n) is 3.31. The number of allylic oxidation sites excluding steroid dienone is 4. The van der Waals surface area contributed by atoms with Crippen molar-refractivity contribution in [1.82, 2.24) is 0 Å². The minimum Gasteiger partial charge on any atom is -0.127 e. The standard InChI is InChI=1S/C19H20Si/c1-5-19(14-7-6-8-15-19)18-11-9-17(10-12-18)13-16-20(2,3)4/h1,6-12,14H,15H2,2-4H3. The highest BCUT2D eigenvalue weighted by atomic mass is 28.3. The molecule has 1 aliphatic carbocycles. The molecule has 0 amide bonds. The Hall–Kier alpha value is -1.96. The topological polar surface area (TPSA) is 0 Å². The summed E-state index contributed by atoms with van der Waals surface area (Å²) < 4.78 is 0. The number of benzene rings is 1. The maximum atomic E-state index is 5.77. The van der Waals surface area contributed by atoms with Gasteiger partial charge in [0.05, 0.1) is 5.41 Å². The van der Waals surface area contributed by atoms with E-state index in [0.717, 1.165) is 12.0 Å². The maximum absolute atomic E-state index is 5.77. The average molecular weight is 276 g/mol. The summed E-state index contributed by atoms with van der Waals surface area (Å²) in [6, 6.07) is 8.37. The molecule has 1 atom stereocenters. The van der Waals surface area contributed by atoms with Crippen LogP contribution in [0.4, 0.5) is 0 Å². The smallest absolute Gasteiger partial charge is 0.127 e. The van der Waals surface area contributed by atoms with E-state index >= 15 is 0 Å². The van der Waals surface area contributed by atoms with Gasteiger partial charge in [0, 0.05) is 5.56 Å². The van der Waals surface area contributed by atoms with Crippen LogP contribution in [0.1, 0.15) is 17.5 Å². The van der Waals surface area contributed by atoms with E-state index in [1.165, 1.54) is 5.56 Å². The summed E-state index contributed by atoms with van der Waals surface area (Å²) in [6.07, 6.45) is 14.9. The Labute approximate surface area is 123 Å². The first-order valence-electron chi connectivity index (χ1n) is 6.91. The predicted molar refractivity (Wildman–Crippen MR) is 90.1 cm³/mol. The van der Waals surface area contributed by atoms with Crippen molar-refractivity contribution in [3.05, 3.63) is 59.7 Å². The summed E-state index contributed by atoms with van der Waals surface area (Å²) in [6.45, 7) is 6.75. The van der Waals surface area contributed by atoms with Crippen molar-refractivity contribution in [2.24, 2.45) is 0 Å². The minimum absolute atomic E-state index is 0.292. The molecule has 0 heterocycles. The van der Waals surface area contributed by atoms with Gasteiger partial charge in [-0.05, 0) is 24.1 Å². The van der Waals surface area contributed by atoms with Gasteiger partial charge < -0.3 is 0 Å². The molecular formula is C19H20Si. The van der Waals surface area contributed by atoms with E-state index in [1.807, 2.05) is 12.2 Å². The molecule has 1 aliphatic rings.